The van der Waals surface area contributed by atoms with Crippen molar-refractivity contribution in [3.05, 3.63) is 12.3 Å². The minimum Gasteiger partial charge on any atom is -0.513 e. The normalized spacial score (nSPS) is 10.4. The highest BCUT2D eigenvalue weighted by atomic mass is 16.5. The Morgan fingerprint density at radius 1 is 0.821 bits per heavy atom. The molecule has 0 aromatic heterocycles. The van der Waals surface area contributed by atoms with Crippen molar-refractivity contribution in [1.29, 1.82) is 0 Å². The molecule has 0 fully saturated rings. The van der Waals surface area contributed by atoms with Gasteiger partial charge in [0.05, 0.1) is 25.6 Å². The predicted octanol–water partition coefficient (Wildman–Crippen LogP) is 0.880. The number of unbranched alkanes of at least 4 members (excludes halogenated alkanes) is 2. The number of hydrogen-bond acceptors (Lipinski definition) is 7. The molecule has 0 saturated heterocycles. The molecule has 0 aliphatic rings. The van der Waals surface area contributed by atoms with Crippen molar-refractivity contribution in [2.45, 2.75) is 38.5 Å². The van der Waals surface area contributed by atoms with E-state index in [-0.39, 0.29) is 30.8 Å². The molecular weight excluding hydrogens is 368 g/mol. The van der Waals surface area contributed by atoms with Crippen LogP contribution in [0.2, 0.25) is 0 Å². The summed E-state index contributed by atoms with van der Waals surface area (Å²) < 4.78 is 15.4. The third-order valence-corrected chi connectivity index (χ3v) is 3.52. The van der Waals surface area contributed by atoms with Crippen LogP contribution in [0.3, 0.4) is 0 Å². The molecule has 0 radical (unpaired) electrons. The van der Waals surface area contributed by atoms with Crippen molar-refractivity contribution in [2.24, 2.45) is 0 Å². The number of ether oxygens (including phenoxy) is 3. The van der Waals surface area contributed by atoms with Crippen LogP contribution in [0.25, 0.3) is 0 Å². The Morgan fingerprint density at radius 2 is 1.57 bits per heavy atom. The molecule has 0 spiro atoms. The lowest BCUT2D eigenvalue weighted by Crippen LogP contribution is -2.31. The highest BCUT2D eigenvalue weighted by molar-refractivity contribution is 5.77. The van der Waals surface area contributed by atoms with E-state index >= 15 is 0 Å². The third kappa shape index (κ3) is 20.3. The highest BCUT2D eigenvalue weighted by Gasteiger charge is 2.02. The number of rotatable bonds is 20. The number of allylic oxidation sites excluding steroid dienone is 1. The van der Waals surface area contributed by atoms with E-state index in [9.17, 15) is 14.4 Å². The molecule has 0 aliphatic carbocycles. The van der Waals surface area contributed by atoms with Crippen molar-refractivity contribution >= 4 is 18.1 Å². The predicted molar refractivity (Wildman–Crippen MR) is 104 cm³/mol. The molecule has 9 heteroatoms. The molecule has 9 nitrogen and oxygen atoms in total. The van der Waals surface area contributed by atoms with Crippen molar-refractivity contribution < 1.29 is 33.7 Å². The summed E-state index contributed by atoms with van der Waals surface area (Å²) >= 11 is 0. The highest BCUT2D eigenvalue weighted by Crippen LogP contribution is 2.01. The largest absolute Gasteiger partial charge is 0.513 e. The molecule has 0 aliphatic heterocycles. The Balaban J connectivity index is 3.28. The van der Waals surface area contributed by atoms with Gasteiger partial charge in [0.25, 0.3) is 0 Å². The summed E-state index contributed by atoms with van der Waals surface area (Å²) in [5, 5.41) is 14.4. The van der Waals surface area contributed by atoms with E-state index in [0.717, 1.165) is 19.3 Å². The minimum atomic E-state index is -0.196. The summed E-state index contributed by atoms with van der Waals surface area (Å²) in [5.41, 5.74) is 0. The molecule has 0 rings (SSSR count). The Hall–Kier alpha value is -1.97. The number of aliphatic hydroxyl groups is 1. The summed E-state index contributed by atoms with van der Waals surface area (Å²) in [7, 11) is 0. The molecule has 3 N–H and O–H groups in total. The average Bonchev–Trinajstić information content (AvgIpc) is 2.65. The molecule has 0 heterocycles. The molecule has 162 valence electrons. The van der Waals surface area contributed by atoms with Gasteiger partial charge in [-0.1, -0.05) is 6.58 Å². The topological polar surface area (TPSA) is 123 Å². The number of carbonyl (C=O) groups excluding carboxylic acids is 3. The van der Waals surface area contributed by atoms with Gasteiger partial charge in [-0.3, -0.25) is 9.59 Å². The van der Waals surface area contributed by atoms with Crippen LogP contribution < -0.4 is 10.6 Å². The summed E-state index contributed by atoms with van der Waals surface area (Å²) in [6, 6.07) is 0. The van der Waals surface area contributed by atoms with E-state index in [0.29, 0.717) is 65.1 Å². The maximum absolute atomic E-state index is 11.5. The van der Waals surface area contributed by atoms with Gasteiger partial charge in [0.15, 0.2) is 0 Å². The van der Waals surface area contributed by atoms with Gasteiger partial charge < -0.3 is 34.7 Å². The number of amides is 2. The second-order valence-corrected chi connectivity index (χ2v) is 6.09. The van der Waals surface area contributed by atoms with Gasteiger partial charge in [-0.2, -0.15) is 0 Å². The lowest BCUT2D eigenvalue weighted by Gasteiger charge is -2.08. The maximum Gasteiger partial charge on any atom is 0.246 e. The molecule has 0 aromatic rings. The van der Waals surface area contributed by atoms with E-state index < -0.39 is 0 Å². The Morgan fingerprint density at radius 3 is 2.32 bits per heavy atom. The summed E-state index contributed by atoms with van der Waals surface area (Å²) in [5.74, 6) is -0.113. The molecule has 0 unspecified atom stereocenters. The van der Waals surface area contributed by atoms with Crippen molar-refractivity contribution in [1.82, 2.24) is 10.6 Å². The van der Waals surface area contributed by atoms with Crippen LogP contribution in [0.15, 0.2) is 12.3 Å². The first kappa shape index (κ1) is 26.0. The van der Waals surface area contributed by atoms with E-state index in [1.807, 2.05) is 0 Å². The van der Waals surface area contributed by atoms with Gasteiger partial charge in [-0.05, 0) is 25.7 Å². The van der Waals surface area contributed by atoms with Crippen molar-refractivity contribution in [3.8, 4) is 0 Å². The number of aliphatic hydroxyl groups excluding tert-OH is 1. The first-order valence-corrected chi connectivity index (χ1v) is 9.63. The third-order valence-electron chi connectivity index (χ3n) is 3.52. The SMILES string of the molecule is C=C(O)CCCC(=O)NCCCCCOCC(=O)NCCOCCOCC=O. The van der Waals surface area contributed by atoms with E-state index in [4.69, 9.17) is 19.3 Å². The zero-order valence-electron chi connectivity index (χ0n) is 16.6. The fraction of sp³-hybridized carbons (Fsp3) is 0.737. The lowest BCUT2D eigenvalue weighted by atomic mass is 10.2. The van der Waals surface area contributed by atoms with E-state index in [1.54, 1.807) is 0 Å². The molecular formula is C19H34N2O7. The minimum absolute atomic E-state index is 0.00926. The molecule has 2 amide bonds. The van der Waals surface area contributed by atoms with Gasteiger partial charge in [-0.25, -0.2) is 0 Å². The molecule has 28 heavy (non-hydrogen) atoms. The van der Waals surface area contributed by atoms with Crippen LogP contribution in [-0.4, -0.2) is 75.9 Å². The second-order valence-electron chi connectivity index (χ2n) is 6.09. The van der Waals surface area contributed by atoms with Gasteiger partial charge in [0.2, 0.25) is 11.8 Å². The average molecular weight is 402 g/mol. The fourth-order valence-corrected chi connectivity index (χ4v) is 2.10. The second kappa shape index (κ2) is 19.8. The van der Waals surface area contributed by atoms with E-state index in [1.165, 1.54) is 0 Å². The Kier molecular flexibility index (Phi) is 18.4. The first-order chi connectivity index (χ1) is 13.6. The zero-order valence-corrected chi connectivity index (χ0v) is 16.6. The molecule has 0 saturated carbocycles. The summed E-state index contributed by atoms with van der Waals surface area (Å²) in [4.78, 5) is 33.0. The van der Waals surface area contributed by atoms with Gasteiger partial charge in [0, 0.05) is 32.5 Å². The van der Waals surface area contributed by atoms with Gasteiger partial charge >= 0.3 is 0 Å². The van der Waals surface area contributed by atoms with Gasteiger partial charge in [0.1, 0.15) is 19.5 Å². The fourth-order valence-electron chi connectivity index (χ4n) is 2.10. The van der Waals surface area contributed by atoms with Crippen LogP contribution >= 0.6 is 0 Å². The van der Waals surface area contributed by atoms with Crippen LogP contribution in [0.5, 0.6) is 0 Å². The van der Waals surface area contributed by atoms with Crippen LogP contribution in [0.4, 0.5) is 0 Å². The van der Waals surface area contributed by atoms with Gasteiger partial charge in [-0.15, -0.1) is 0 Å². The number of aldehydes is 1. The number of hydrogen-bond donors (Lipinski definition) is 3. The lowest BCUT2D eigenvalue weighted by molar-refractivity contribution is -0.126. The number of nitrogens with one attached hydrogen (secondary N) is 2. The summed E-state index contributed by atoms with van der Waals surface area (Å²) in [6.45, 7) is 6.03. The standard InChI is InChI=1S/C19H34N2O7/c1-17(23)6-5-7-18(24)20-8-3-2-4-11-28-16-19(25)21-9-12-26-14-15-27-13-10-22/h10,23H,1-9,11-16H2,(H,20,24)(H,21,25). The Labute approximate surface area is 166 Å². The summed E-state index contributed by atoms with van der Waals surface area (Å²) in [6.07, 6.45) is 4.67. The van der Waals surface area contributed by atoms with Crippen molar-refractivity contribution in [2.75, 3.05) is 52.7 Å². The molecule has 0 atom stereocenters. The monoisotopic (exact) mass is 402 g/mol. The first-order valence-electron chi connectivity index (χ1n) is 9.63. The smallest absolute Gasteiger partial charge is 0.246 e. The molecule has 0 bridgehead atoms. The zero-order chi connectivity index (χ0) is 20.9. The van der Waals surface area contributed by atoms with Crippen LogP contribution in [0.1, 0.15) is 38.5 Å². The Bertz CT molecular complexity index is 444. The van der Waals surface area contributed by atoms with Crippen LogP contribution in [0, 0.1) is 0 Å². The van der Waals surface area contributed by atoms with Crippen LogP contribution in [-0.2, 0) is 28.6 Å². The quantitative estimate of drug-likeness (QED) is 0.157. The molecule has 0 aromatic carbocycles. The maximum atomic E-state index is 11.5. The van der Waals surface area contributed by atoms with E-state index in [2.05, 4.69) is 17.2 Å². The van der Waals surface area contributed by atoms with Crippen molar-refractivity contribution in [3.63, 3.8) is 0 Å². The number of carbonyl (C=O) groups is 3.